The fourth-order valence-electron chi connectivity index (χ4n) is 3.58. The van der Waals surface area contributed by atoms with Crippen LogP contribution in [0.1, 0.15) is 29.8 Å². The zero-order chi connectivity index (χ0) is 23.5. The van der Waals surface area contributed by atoms with Crippen LogP contribution >= 0.6 is 15.9 Å². The van der Waals surface area contributed by atoms with Crippen LogP contribution < -0.4 is 15.6 Å². The number of rotatable bonds is 7. The number of aromatic nitrogens is 4. The zero-order valence-electron chi connectivity index (χ0n) is 18.4. The van der Waals surface area contributed by atoms with Crippen molar-refractivity contribution in [2.45, 2.75) is 25.2 Å². The van der Waals surface area contributed by atoms with Crippen LogP contribution in [-0.2, 0) is 5.33 Å². The van der Waals surface area contributed by atoms with Gasteiger partial charge < -0.3 is 14.6 Å². The minimum Gasteiger partial charge on any atom is -0.495 e. The molecule has 4 rings (SSSR count). The average molecular weight is 512 g/mol. The first-order valence-electron chi connectivity index (χ1n) is 10.3. The van der Waals surface area contributed by atoms with Gasteiger partial charge in [0, 0.05) is 17.2 Å². The van der Waals surface area contributed by atoms with Crippen LogP contribution in [0.2, 0.25) is 0 Å². The number of halogens is 2. The van der Waals surface area contributed by atoms with Crippen molar-refractivity contribution in [3.63, 3.8) is 0 Å². The number of imidazole rings is 1. The van der Waals surface area contributed by atoms with E-state index in [4.69, 9.17) is 4.74 Å². The molecule has 0 spiro atoms. The highest BCUT2D eigenvalue weighted by atomic mass is 79.9. The molecule has 0 fully saturated rings. The Labute approximate surface area is 199 Å². The zero-order valence-corrected chi connectivity index (χ0v) is 20.0. The van der Waals surface area contributed by atoms with Crippen molar-refractivity contribution >= 4 is 27.3 Å². The van der Waals surface area contributed by atoms with E-state index in [1.165, 1.54) is 16.8 Å². The summed E-state index contributed by atoms with van der Waals surface area (Å²) in [5.41, 5.74) is 4.17. The van der Waals surface area contributed by atoms with Gasteiger partial charge in [0.15, 0.2) is 0 Å². The summed E-state index contributed by atoms with van der Waals surface area (Å²) in [5.74, 6) is 0.372. The van der Waals surface area contributed by atoms with Crippen LogP contribution in [0.25, 0.3) is 5.69 Å². The van der Waals surface area contributed by atoms with Gasteiger partial charge in [-0.05, 0) is 49.7 Å². The second kappa shape index (κ2) is 9.58. The van der Waals surface area contributed by atoms with E-state index in [0.717, 1.165) is 22.6 Å². The third-order valence-corrected chi connectivity index (χ3v) is 5.96. The first-order valence-corrected chi connectivity index (χ1v) is 11.4. The van der Waals surface area contributed by atoms with Crippen molar-refractivity contribution < 1.29 is 9.13 Å². The van der Waals surface area contributed by atoms with Crippen LogP contribution in [0, 0.1) is 12.7 Å². The fourth-order valence-corrected chi connectivity index (χ4v) is 4.12. The third kappa shape index (κ3) is 4.68. The lowest BCUT2D eigenvalue weighted by atomic mass is 10.1. The summed E-state index contributed by atoms with van der Waals surface area (Å²) in [7, 11) is 1.62. The normalized spacial score (nSPS) is 11.9. The average Bonchev–Trinajstić information content (AvgIpc) is 3.25. The lowest BCUT2D eigenvalue weighted by molar-refractivity contribution is 0.413. The van der Waals surface area contributed by atoms with Gasteiger partial charge in [-0.3, -0.25) is 4.79 Å². The number of nitrogens with one attached hydrogen (secondary N) is 1. The molecule has 4 aromatic rings. The van der Waals surface area contributed by atoms with Crippen molar-refractivity contribution in [2.24, 2.45) is 0 Å². The molecule has 1 unspecified atom stereocenters. The van der Waals surface area contributed by atoms with Crippen LogP contribution in [0.3, 0.4) is 0 Å². The Morgan fingerprint density at radius 3 is 2.61 bits per heavy atom. The highest BCUT2D eigenvalue weighted by Gasteiger charge is 2.17. The Hall–Kier alpha value is -3.46. The van der Waals surface area contributed by atoms with E-state index in [1.54, 1.807) is 31.8 Å². The van der Waals surface area contributed by atoms with Crippen molar-refractivity contribution in [1.29, 1.82) is 0 Å². The quantitative estimate of drug-likeness (QED) is 0.348. The molecule has 0 aliphatic carbocycles. The van der Waals surface area contributed by atoms with Crippen LogP contribution in [0.15, 0.2) is 66.0 Å². The summed E-state index contributed by atoms with van der Waals surface area (Å²) in [6, 6.07) is 11.4. The SMILES string of the molecule is COc1ccc(Nc2cnn(C(C)c3ccc(F)cc3)c(=O)c2CBr)cc1-n1cnc(C)c1. The van der Waals surface area contributed by atoms with Gasteiger partial charge in [-0.15, -0.1) is 0 Å². The highest BCUT2D eigenvalue weighted by Crippen LogP contribution is 2.29. The lowest BCUT2D eigenvalue weighted by Gasteiger charge is -2.18. The summed E-state index contributed by atoms with van der Waals surface area (Å²) in [6.07, 6.45) is 5.26. The van der Waals surface area contributed by atoms with E-state index in [9.17, 15) is 9.18 Å². The molecule has 0 bridgehead atoms. The predicted molar refractivity (Wildman–Crippen MR) is 129 cm³/mol. The van der Waals surface area contributed by atoms with Gasteiger partial charge >= 0.3 is 0 Å². The molecule has 0 amide bonds. The standard InChI is InChI=1S/C24H23BrFN5O2/c1-15-13-30(14-27-15)22-10-19(8-9-23(22)33-3)29-21-12-28-31(24(32)20(21)11-25)16(2)17-4-6-18(26)7-5-17/h4-10,12-14,16,29H,11H2,1-3H3. The van der Waals surface area contributed by atoms with Crippen molar-refractivity contribution in [3.05, 3.63) is 94.2 Å². The number of benzene rings is 2. The first-order chi connectivity index (χ1) is 15.9. The van der Waals surface area contributed by atoms with Crippen molar-refractivity contribution in [3.8, 4) is 11.4 Å². The Morgan fingerprint density at radius 2 is 1.97 bits per heavy atom. The summed E-state index contributed by atoms with van der Waals surface area (Å²) in [4.78, 5) is 17.5. The van der Waals surface area contributed by atoms with Crippen LogP contribution in [-0.4, -0.2) is 26.4 Å². The van der Waals surface area contributed by atoms with Crippen LogP contribution in [0.5, 0.6) is 5.75 Å². The highest BCUT2D eigenvalue weighted by molar-refractivity contribution is 9.08. The molecular formula is C24H23BrFN5O2. The van der Waals surface area contributed by atoms with Gasteiger partial charge in [0.2, 0.25) is 0 Å². The van der Waals surface area contributed by atoms with Gasteiger partial charge in [-0.1, -0.05) is 28.1 Å². The minimum atomic E-state index is -0.345. The molecule has 0 aliphatic heterocycles. The van der Waals surface area contributed by atoms with E-state index in [0.29, 0.717) is 22.3 Å². The molecule has 0 saturated carbocycles. The van der Waals surface area contributed by atoms with Gasteiger partial charge in [0.25, 0.3) is 5.56 Å². The molecule has 0 radical (unpaired) electrons. The number of anilines is 2. The lowest BCUT2D eigenvalue weighted by Crippen LogP contribution is -2.29. The Kier molecular flexibility index (Phi) is 6.60. The number of ether oxygens (including phenoxy) is 1. The van der Waals surface area contributed by atoms with E-state index >= 15 is 0 Å². The molecule has 0 aliphatic rings. The number of aryl methyl sites for hydroxylation is 1. The molecule has 1 N–H and O–H groups in total. The Bertz CT molecular complexity index is 1330. The number of alkyl halides is 1. The molecule has 0 saturated heterocycles. The number of methoxy groups -OCH3 is 1. The molecule has 7 nitrogen and oxygen atoms in total. The van der Waals surface area contributed by atoms with Crippen molar-refractivity contribution in [1.82, 2.24) is 19.3 Å². The topological polar surface area (TPSA) is 74.0 Å². The smallest absolute Gasteiger partial charge is 0.273 e. The number of hydrogen-bond donors (Lipinski definition) is 1. The first kappa shape index (κ1) is 22.7. The van der Waals surface area contributed by atoms with Gasteiger partial charge in [-0.25, -0.2) is 14.1 Å². The summed E-state index contributed by atoms with van der Waals surface area (Å²) in [6.45, 7) is 3.77. The second-order valence-electron chi connectivity index (χ2n) is 7.58. The third-order valence-electron chi connectivity index (χ3n) is 5.40. The van der Waals surface area contributed by atoms with E-state index < -0.39 is 0 Å². The largest absolute Gasteiger partial charge is 0.495 e. The molecule has 2 aromatic carbocycles. The van der Waals surface area contributed by atoms with Gasteiger partial charge in [-0.2, -0.15) is 5.10 Å². The maximum absolute atomic E-state index is 13.3. The molecule has 1 atom stereocenters. The van der Waals surface area contributed by atoms with Gasteiger partial charge in [0.05, 0.1) is 48.3 Å². The van der Waals surface area contributed by atoms with Crippen LogP contribution in [0.4, 0.5) is 15.8 Å². The Morgan fingerprint density at radius 1 is 1.21 bits per heavy atom. The molecule has 9 heteroatoms. The minimum absolute atomic E-state index is 0.229. The molecule has 33 heavy (non-hydrogen) atoms. The molecule has 2 aromatic heterocycles. The van der Waals surface area contributed by atoms with Gasteiger partial charge in [0.1, 0.15) is 11.6 Å². The molecular weight excluding hydrogens is 489 g/mol. The second-order valence-corrected chi connectivity index (χ2v) is 8.14. The molecule has 170 valence electrons. The van der Waals surface area contributed by atoms with E-state index in [1.807, 2.05) is 42.8 Å². The van der Waals surface area contributed by atoms with E-state index in [-0.39, 0.29) is 17.4 Å². The maximum atomic E-state index is 13.3. The van der Waals surface area contributed by atoms with E-state index in [2.05, 4.69) is 31.3 Å². The molecule has 2 heterocycles. The monoisotopic (exact) mass is 511 g/mol. The maximum Gasteiger partial charge on any atom is 0.273 e. The fraction of sp³-hybridized carbons (Fsp3) is 0.208. The van der Waals surface area contributed by atoms with Crippen molar-refractivity contribution in [2.75, 3.05) is 12.4 Å². The predicted octanol–water partition coefficient (Wildman–Crippen LogP) is 5.13. The number of nitrogens with zero attached hydrogens (tertiary/aromatic N) is 4. The Balaban J connectivity index is 1.68. The summed E-state index contributed by atoms with van der Waals surface area (Å²) >= 11 is 3.44. The summed E-state index contributed by atoms with van der Waals surface area (Å²) < 4.78 is 22.1. The summed E-state index contributed by atoms with van der Waals surface area (Å²) in [5, 5.41) is 8.03. The number of hydrogen-bond acceptors (Lipinski definition) is 5.